The van der Waals surface area contributed by atoms with E-state index in [0.717, 1.165) is 58.3 Å². The minimum absolute atomic E-state index is 0.0306. The Morgan fingerprint density at radius 2 is 1.31 bits per heavy atom. The topological polar surface area (TPSA) is 411 Å². The van der Waals surface area contributed by atoms with E-state index in [-0.39, 0.29) is 62.3 Å². The number of phenolic OH excluding ortho intramolecular Hbond substituents is 1. The smallest absolute Gasteiger partial charge is 0.246 e. The quantitative estimate of drug-likeness (QED) is 0.0229. The fourth-order valence-corrected chi connectivity index (χ4v) is 10.2. The van der Waals surface area contributed by atoms with E-state index < -0.39 is 95.5 Å². The van der Waals surface area contributed by atoms with E-state index in [9.17, 15) is 43.5 Å². The van der Waals surface area contributed by atoms with Gasteiger partial charge >= 0.3 is 0 Å². The van der Waals surface area contributed by atoms with Crippen LogP contribution in [0.3, 0.4) is 0 Å². The first-order valence-electron chi connectivity index (χ1n) is 30.6. The molecule has 0 saturated carbocycles. The summed E-state index contributed by atoms with van der Waals surface area (Å²) in [6.07, 6.45) is 10.1. The van der Waals surface area contributed by atoms with Crippen LogP contribution in [0.25, 0.3) is 0 Å². The molecule has 478 valence electrons. The molecule has 0 radical (unpaired) electrons. The summed E-state index contributed by atoms with van der Waals surface area (Å²) in [5, 5.41) is 47.4. The van der Waals surface area contributed by atoms with E-state index in [4.69, 9.17) is 22.6 Å². The number of nitrogens with zero attached hydrogens (tertiary/aromatic N) is 2. The lowest BCUT2D eigenvalue weighted by atomic mass is 9.95. The second kappa shape index (κ2) is 39.8. The molecule has 0 spiro atoms. The minimum Gasteiger partial charge on any atom is -0.508 e. The lowest BCUT2D eigenvalue weighted by molar-refractivity contribution is -0.142. The van der Waals surface area contributed by atoms with E-state index in [0.29, 0.717) is 68.9 Å². The molecule has 1 saturated heterocycles. The second-order valence-corrected chi connectivity index (χ2v) is 22.9. The SMILES string of the molecule is CCC(C)[C@H](NC(=O)[C@@H]1CCCN1C(=O)[C@H](Cc1cnc[nH]1)NC(=O)[C@@H](NC(=O)[C@H](Cc1ccc(O)cc1)NC(=O)[C@@H](NC(=O)[C@H](CCCNC(=N)N)NC(=O)CNCCCCCCC(CNCCN)CNCCN)C(C)C)C(C)CC)C(C)=O. The molecule has 7 amide bonds. The molecule has 19 N–H and O–H groups in total. The highest BCUT2D eigenvalue weighted by Gasteiger charge is 2.41. The number of carbonyl (C=O) groups is 8. The molecule has 1 aliphatic heterocycles. The molecule has 26 heteroatoms. The van der Waals surface area contributed by atoms with Crippen LogP contribution in [-0.2, 0) is 51.2 Å². The van der Waals surface area contributed by atoms with Crippen LogP contribution in [0.15, 0.2) is 36.8 Å². The van der Waals surface area contributed by atoms with Gasteiger partial charge in [0.25, 0.3) is 0 Å². The number of nitrogens with two attached hydrogens (primary N) is 3. The number of hydrogen-bond acceptors (Lipinski definition) is 16. The van der Waals surface area contributed by atoms with Crippen molar-refractivity contribution < 1.29 is 43.5 Å². The van der Waals surface area contributed by atoms with Crippen LogP contribution in [0.4, 0.5) is 0 Å². The molecule has 2 unspecified atom stereocenters. The largest absolute Gasteiger partial charge is 0.508 e. The van der Waals surface area contributed by atoms with Crippen molar-refractivity contribution in [3.05, 3.63) is 48.0 Å². The zero-order chi connectivity index (χ0) is 62.8. The van der Waals surface area contributed by atoms with Crippen LogP contribution in [0, 0.1) is 29.1 Å². The van der Waals surface area contributed by atoms with Crippen molar-refractivity contribution >= 4 is 53.1 Å². The fourth-order valence-electron chi connectivity index (χ4n) is 10.2. The van der Waals surface area contributed by atoms with Crippen molar-refractivity contribution in [1.82, 2.24) is 68.0 Å². The van der Waals surface area contributed by atoms with Gasteiger partial charge in [0, 0.05) is 64.0 Å². The lowest BCUT2D eigenvalue weighted by Gasteiger charge is -2.32. The van der Waals surface area contributed by atoms with Crippen molar-refractivity contribution in [2.75, 3.05) is 65.4 Å². The number of Topliss-reactive ketones (excluding diaryl/α,β-unsaturated/α-hetero) is 1. The Balaban J connectivity index is 1.79. The van der Waals surface area contributed by atoms with E-state index in [1.807, 2.05) is 20.8 Å². The standard InChI is InChI=1S/C59H103N17O9/c1-8-38(5)51(40(7)77)74-55(82)48-18-15-29-76(48)58(85)47(31-43-34-67-36-69-43)72-57(84)52(39(6)9-2)75-54(81)46(30-41-19-21-44(78)22-20-41)71-56(83)50(37(3)4)73-53(80)45(17-14-26-68-59(62)63)70-49(79)35-64-25-13-11-10-12-16-42(32-65-27-23-60)33-66-28-24-61/h19-22,34,36-39,42,45-48,50-52,64-66,78H,8-18,23-33,35,60-61H2,1-7H3,(H,67,69)(H,70,79)(H,71,83)(H,72,84)(H,73,80)(H,74,82)(H,75,81)(H4,62,63,68)/t38?,39?,45-,46-,47-,48-,50-,51-,52-/m0/s1. The maximum Gasteiger partial charge on any atom is 0.246 e. The summed E-state index contributed by atoms with van der Waals surface area (Å²) in [6.45, 7) is 17.7. The molecule has 9 atom stereocenters. The summed E-state index contributed by atoms with van der Waals surface area (Å²) in [5.74, 6) is -5.50. The molecule has 1 aromatic heterocycles. The van der Waals surface area contributed by atoms with Crippen LogP contribution in [0.2, 0.25) is 0 Å². The first kappa shape index (κ1) is 72.5. The number of guanidine groups is 1. The van der Waals surface area contributed by atoms with Gasteiger partial charge in [-0.3, -0.25) is 43.8 Å². The highest BCUT2D eigenvalue weighted by Crippen LogP contribution is 2.22. The molecule has 2 heterocycles. The maximum absolute atomic E-state index is 14.7. The summed E-state index contributed by atoms with van der Waals surface area (Å²) < 4.78 is 0. The molecule has 1 aromatic carbocycles. The number of benzene rings is 1. The Morgan fingerprint density at radius 3 is 1.91 bits per heavy atom. The molecule has 85 heavy (non-hydrogen) atoms. The highest BCUT2D eigenvalue weighted by molar-refractivity contribution is 5.98. The number of phenols is 1. The Kier molecular flexibility index (Phi) is 34.0. The van der Waals surface area contributed by atoms with Gasteiger partial charge in [0.2, 0.25) is 41.4 Å². The maximum atomic E-state index is 14.7. The molecule has 1 aliphatic rings. The minimum atomic E-state index is -1.35. The number of aromatic hydroxyl groups is 1. The number of amides is 7. The van der Waals surface area contributed by atoms with E-state index in [1.165, 1.54) is 36.5 Å². The molecule has 0 aliphatic carbocycles. The van der Waals surface area contributed by atoms with Gasteiger partial charge in [-0.15, -0.1) is 0 Å². The molecule has 26 nitrogen and oxygen atoms in total. The third kappa shape index (κ3) is 26.6. The summed E-state index contributed by atoms with van der Waals surface area (Å²) >= 11 is 0. The first-order chi connectivity index (χ1) is 40.6. The van der Waals surface area contributed by atoms with Crippen LogP contribution in [0.1, 0.15) is 130 Å². The van der Waals surface area contributed by atoms with Gasteiger partial charge in [0.1, 0.15) is 42.0 Å². The summed E-state index contributed by atoms with van der Waals surface area (Å²) in [7, 11) is 0. The van der Waals surface area contributed by atoms with E-state index >= 15 is 0 Å². The van der Waals surface area contributed by atoms with E-state index in [1.54, 1.807) is 32.9 Å². The number of carbonyl (C=O) groups excluding carboxylic acids is 8. The Bertz CT molecular complexity index is 2350. The lowest BCUT2D eigenvalue weighted by Crippen LogP contribution is -2.62. The number of rotatable bonds is 43. The van der Waals surface area contributed by atoms with Crippen LogP contribution >= 0.6 is 0 Å². The number of nitrogens with one attached hydrogen (secondary N) is 12. The van der Waals surface area contributed by atoms with Crippen molar-refractivity contribution in [1.29, 1.82) is 5.41 Å². The molecule has 3 rings (SSSR count). The zero-order valence-electron chi connectivity index (χ0n) is 51.4. The van der Waals surface area contributed by atoms with Crippen molar-refractivity contribution in [2.45, 2.75) is 174 Å². The summed E-state index contributed by atoms with van der Waals surface area (Å²) in [6, 6.07) is -1.76. The number of likely N-dealkylation sites (tertiary alicyclic amines) is 1. The van der Waals surface area contributed by atoms with Gasteiger partial charge in [-0.05, 0) is 106 Å². The Morgan fingerprint density at radius 1 is 0.694 bits per heavy atom. The zero-order valence-corrected chi connectivity index (χ0v) is 51.4. The third-order valence-electron chi connectivity index (χ3n) is 15.6. The van der Waals surface area contributed by atoms with Gasteiger partial charge < -0.3 is 85.4 Å². The summed E-state index contributed by atoms with van der Waals surface area (Å²) in [4.78, 5) is 121. The molecular formula is C59H103N17O9. The average molecular weight is 1190 g/mol. The average Bonchev–Trinajstić information content (AvgIpc) is 4.25. The molecule has 0 bridgehead atoms. The Hall–Kier alpha value is -6.74. The third-order valence-corrected chi connectivity index (χ3v) is 15.6. The Labute approximate surface area is 502 Å². The van der Waals surface area contributed by atoms with Gasteiger partial charge in [0.05, 0.1) is 18.9 Å². The first-order valence-corrected chi connectivity index (χ1v) is 30.6. The molecule has 2 aromatic rings. The van der Waals surface area contributed by atoms with Gasteiger partial charge in [0.15, 0.2) is 11.7 Å². The number of ketones is 1. The number of unbranched alkanes of at least 4 members (excludes halogenated alkanes) is 3. The molecule has 1 fully saturated rings. The fraction of sp³-hybridized carbons (Fsp3) is 0.695. The van der Waals surface area contributed by atoms with E-state index in [2.05, 4.69) is 63.1 Å². The molecular weight excluding hydrogens is 1090 g/mol. The predicted molar refractivity (Wildman–Crippen MR) is 327 cm³/mol. The highest BCUT2D eigenvalue weighted by atomic mass is 16.3. The number of hydrogen-bond donors (Lipinski definition) is 16. The second-order valence-electron chi connectivity index (χ2n) is 22.9. The van der Waals surface area contributed by atoms with Crippen LogP contribution < -0.4 is 70.4 Å². The van der Waals surface area contributed by atoms with Gasteiger partial charge in [-0.25, -0.2) is 4.98 Å². The van der Waals surface area contributed by atoms with Crippen molar-refractivity contribution in [2.24, 2.45) is 40.9 Å². The summed E-state index contributed by atoms with van der Waals surface area (Å²) in [5.41, 5.74) is 17.9. The normalized spacial score (nSPS) is 16.0. The van der Waals surface area contributed by atoms with Crippen molar-refractivity contribution in [3.63, 3.8) is 0 Å². The van der Waals surface area contributed by atoms with Crippen molar-refractivity contribution in [3.8, 4) is 5.75 Å². The number of imidazole rings is 1. The van der Waals surface area contributed by atoms with Gasteiger partial charge in [-0.1, -0.05) is 85.8 Å². The number of H-pyrrole nitrogens is 1. The predicted octanol–water partition coefficient (Wildman–Crippen LogP) is -0.346. The number of aromatic nitrogens is 2. The monoisotopic (exact) mass is 1190 g/mol. The van der Waals surface area contributed by atoms with Gasteiger partial charge in [-0.2, -0.15) is 0 Å². The van der Waals surface area contributed by atoms with Crippen LogP contribution in [-0.4, -0.2) is 181 Å². The van der Waals surface area contributed by atoms with Crippen LogP contribution in [0.5, 0.6) is 5.75 Å². The number of aromatic amines is 1.